The van der Waals surface area contributed by atoms with E-state index in [1.165, 1.54) is 0 Å². The van der Waals surface area contributed by atoms with Gasteiger partial charge in [-0.3, -0.25) is 9.59 Å². The van der Waals surface area contributed by atoms with Gasteiger partial charge in [0.25, 0.3) is 0 Å². The van der Waals surface area contributed by atoms with Gasteiger partial charge in [-0.15, -0.1) is 0 Å². The molecule has 0 unspecified atom stereocenters. The summed E-state index contributed by atoms with van der Waals surface area (Å²) in [6, 6.07) is 10.8. The number of hydrogen-bond acceptors (Lipinski definition) is 8. The van der Waals surface area contributed by atoms with Crippen LogP contribution in [0.3, 0.4) is 0 Å². The molecule has 0 aliphatic heterocycles. The fraction of sp³-hybridized carbons (Fsp3) is 0.562. The van der Waals surface area contributed by atoms with E-state index < -0.39 is 0 Å². The monoisotopic (exact) mass is 544 g/mol. The quantitative estimate of drug-likeness (QED) is 0.186. The lowest BCUT2D eigenvalue weighted by Gasteiger charge is -2.10. The average Bonchev–Trinajstić information content (AvgIpc) is 2.95. The summed E-state index contributed by atoms with van der Waals surface area (Å²) in [7, 11) is 0. The molecule has 0 spiro atoms. The Bertz CT molecular complexity index is 1140. The lowest BCUT2D eigenvalue weighted by atomic mass is 9.97. The third-order valence-corrected chi connectivity index (χ3v) is 6.55. The van der Waals surface area contributed by atoms with Gasteiger partial charge in [-0.05, 0) is 36.1 Å². The van der Waals surface area contributed by atoms with Gasteiger partial charge in [-0.1, -0.05) is 65.2 Å². The van der Waals surface area contributed by atoms with E-state index in [9.17, 15) is 30.6 Å². The summed E-state index contributed by atoms with van der Waals surface area (Å²) in [5.41, 5.74) is 0.758. The molecule has 0 N–H and O–H groups in total. The number of nitriles is 4. The highest BCUT2D eigenvalue weighted by Gasteiger charge is 2.12. The molecule has 0 saturated heterocycles. The highest BCUT2D eigenvalue weighted by molar-refractivity contribution is 5.76. The number of esters is 2. The lowest BCUT2D eigenvalue weighted by molar-refractivity contribution is -0.144. The van der Waals surface area contributed by atoms with Crippen LogP contribution in [0.4, 0.5) is 0 Å². The van der Waals surface area contributed by atoms with Gasteiger partial charge in [0, 0.05) is 36.1 Å². The molecular formula is C32H40N4O4. The maximum absolute atomic E-state index is 12.1. The minimum absolute atomic E-state index is 0.0357. The Morgan fingerprint density at radius 1 is 0.600 bits per heavy atom. The summed E-state index contributed by atoms with van der Waals surface area (Å²) in [5, 5.41) is 38.9. The Morgan fingerprint density at radius 2 is 0.950 bits per heavy atom. The second-order valence-corrected chi connectivity index (χ2v) is 9.63. The van der Waals surface area contributed by atoms with Crippen molar-refractivity contribution in [2.45, 2.75) is 104 Å². The van der Waals surface area contributed by atoms with Gasteiger partial charge < -0.3 is 9.47 Å². The molecule has 0 saturated carbocycles. The van der Waals surface area contributed by atoms with Crippen LogP contribution in [0.1, 0.15) is 102 Å². The molecule has 0 atom stereocenters. The largest absolute Gasteiger partial charge is 0.465 e. The third kappa shape index (κ3) is 12.6. The second kappa shape index (κ2) is 20.8. The number of carbonyl (C=O) groups is 2. The summed E-state index contributed by atoms with van der Waals surface area (Å²) in [4.78, 5) is 24.3. The van der Waals surface area contributed by atoms with E-state index in [0.717, 1.165) is 64.2 Å². The summed E-state index contributed by atoms with van der Waals surface area (Å²) in [6.07, 6.45) is 11.2. The summed E-state index contributed by atoms with van der Waals surface area (Å²) < 4.78 is 10.7. The van der Waals surface area contributed by atoms with E-state index in [4.69, 9.17) is 9.47 Å². The maximum atomic E-state index is 12.1. The van der Waals surface area contributed by atoms with Crippen molar-refractivity contribution in [3.8, 4) is 24.3 Å². The molecule has 1 aromatic carbocycles. The summed E-state index contributed by atoms with van der Waals surface area (Å²) in [6.45, 7) is 4.33. The molecule has 8 nitrogen and oxygen atoms in total. The normalized spacial score (nSPS) is 9.95. The van der Waals surface area contributed by atoms with E-state index in [1.54, 1.807) is 12.1 Å². The van der Waals surface area contributed by atoms with E-state index in [2.05, 4.69) is 13.8 Å². The Kier molecular flexibility index (Phi) is 17.6. The number of carbonyl (C=O) groups excluding carboxylic acids is 2. The number of unbranched alkanes of at least 4 members (excludes halogenated alkanes) is 8. The van der Waals surface area contributed by atoms with Crippen LogP contribution in [0.25, 0.3) is 11.1 Å². The number of benzene rings is 1. The van der Waals surface area contributed by atoms with Crippen molar-refractivity contribution in [2.75, 3.05) is 13.2 Å². The van der Waals surface area contributed by atoms with Crippen LogP contribution in [-0.4, -0.2) is 25.2 Å². The van der Waals surface area contributed by atoms with Gasteiger partial charge in [0.15, 0.2) is 0 Å². The van der Waals surface area contributed by atoms with Crippen LogP contribution < -0.4 is 10.4 Å². The Morgan fingerprint density at radius 3 is 1.27 bits per heavy atom. The molecule has 1 aromatic rings. The first kappa shape index (κ1) is 33.9. The van der Waals surface area contributed by atoms with Crippen LogP contribution in [0.5, 0.6) is 0 Å². The molecule has 0 aliphatic carbocycles. The maximum Gasteiger partial charge on any atom is 0.305 e. The minimum atomic E-state index is -0.312. The Labute approximate surface area is 238 Å². The molecule has 0 amide bonds. The fourth-order valence-electron chi connectivity index (χ4n) is 4.30. The van der Waals surface area contributed by atoms with E-state index in [-0.39, 0.29) is 49.1 Å². The molecule has 212 valence electrons. The SMILES string of the molecule is CCCCCCCC(=O)OCCc1cc(=C(C#N)C#N)c(CCOC(=O)CCCCCCC)cc1=C(C#N)C#N. The number of rotatable bonds is 18. The van der Waals surface area contributed by atoms with Crippen LogP contribution in [0.15, 0.2) is 12.1 Å². The topological polar surface area (TPSA) is 148 Å². The molecule has 0 radical (unpaired) electrons. The standard InChI is InChI=1S/C32H40N4O4/c1-3-5-7-9-11-13-31(37)39-17-15-25-19-30(28(23-35)24-36)26(20-29(25)27(21-33)22-34)16-18-40-32(38)14-12-10-8-6-4-2/h19-20H,3-18H2,1-2H3. The first-order chi connectivity index (χ1) is 19.4. The van der Waals surface area contributed by atoms with Crippen molar-refractivity contribution >= 4 is 23.1 Å². The van der Waals surface area contributed by atoms with Crippen LogP contribution in [-0.2, 0) is 31.9 Å². The van der Waals surface area contributed by atoms with E-state index in [0.29, 0.717) is 34.4 Å². The van der Waals surface area contributed by atoms with Crippen molar-refractivity contribution in [3.63, 3.8) is 0 Å². The third-order valence-electron chi connectivity index (χ3n) is 6.55. The smallest absolute Gasteiger partial charge is 0.305 e. The fourth-order valence-corrected chi connectivity index (χ4v) is 4.30. The van der Waals surface area contributed by atoms with Crippen LogP contribution in [0, 0.1) is 45.3 Å². The van der Waals surface area contributed by atoms with Crippen molar-refractivity contribution in [1.29, 1.82) is 21.0 Å². The van der Waals surface area contributed by atoms with Crippen LogP contribution in [0.2, 0.25) is 0 Å². The van der Waals surface area contributed by atoms with Gasteiger partial charge in [0.2, 0.25) is 0 Å². The van der Waals surface area contributed by atoms with Crippen molar-refractivity contribution in [3.05, 3.63) is 33.7 Å². The molecular weight excluding hydrogens is 504 g/mol. The average molecular weight is 545 g/mol. The van der Waals surface area contributed by atoms with Gasteiger partial charge >= 0.3 is 11.9 Å². The van der Waals surface area contributed by atoms with Gasteiger partial charge in [-0.25, -0.2) is 0 Å². The highest BCUT2D eigenvalue weighted by atomic mass is 16.5. The van der Waals surface area contributed by atoms with Gasteiger partial charge in [0.1, 0.15) is 35.4 Å². The molecule has 0 aromatic heterocycles. The zero-order chi connectivity index (χ0) is 29.6. The summed E-state index contributed by atoms with van der Waals surface area (Å²) >= 11 is 0. The Hall–Kier alpha value is -4.14. The van der Waals surface area contributed by atoms with Gasteiger partial charge in [-0.2, -0.15) is 21.0 Å². The first-order valence-corrected chi connectivity index (χ1v) is 14.3. The molecule has 0 aliphatic rings. The molecule has 1 rings (SSSR count). The van der Waals surface area contributed by atoms with Crippen molar-refractivity contribution in [1.82, 2.24) is 0 Å². The highest BCUT2D eigenvalue weighted by Crippen LogP contribution is 2.08. The van der Waals surface area contributed by atoms with Crippen molar-refractivity contribution in [2.24, 2.45) is 0 Å². The van der Waals surface area contributed by atoms with E-state index in [1.807, 2.05) is 24.3 Å². The minimum Gasteiger partial charge on any atom is -0.465 e. The molecule has 0 fully saturated rings. The Balaban J connectivity index is 3.09. The zero-order valence-electron chi connectivity index (χ0n) is 23.9. The molecule has 0 bridgehead atoms. The van der Waals surface area contributed by atoms with E-state index >= 15 is 0 Å². The number of nitrogens with zero attached hydrogens (tertiary/aromatic N) is 4. The first-order valence-electron chi connectivity index (χ1n) is 14.3. The second-order valence-electron chi connectivity index (χ2n) is 9.63. The summed E-state index contributed by atoms with van der Waals surface area (Å²) in [5.74, 6) is -0.624. The molecule has 0 heterocycles. The number of hydrogen-bond donors (Lipinski definition) is 0. The zero-order valence-corrected chi connectivity index (χ0v) is 23.9. The van der Waals surface area contributed by atoms with Gasteiger partial charge in [0.05, 0.1) is 13.2 Å². The van der Waals surface area contributed by atoms with Crippen LogP contribution >= 0.6 is 0 Å². The predicted octanol–water partition coefficient (Wildman–Crippen LogP) is 4.97. The predicted molar refractivity (Wildman–Crippen MR) is 151 cm³/mol. The molecule has 8 heteroatoms. The molecule has 40 heavy (non-hydrogen) atoms. The number of ether oxygens (including phenoxy) is 2. The lowest BCUT2D eigenvalue weighted by Crippen LogP contribution is -2.25. The van der Waals surface area contributed by atoms with Crippen molar-refractivity contribution < 1.29 is 19.1 Å².